The first-order valence-corrected chi connectivity index (χ1v) is 8.18. The lowest BCUT2D eigenvalue weighted by Crippen LogP contribution is -2.36. The lowest BCUT2D eigenvalue weighted by Gasteiger charge is -2.26. The van der Waals surface area contributed by atoms with Crippen LogP contribution in [0.1, 0.15) is 37.5 Å². The topological polar surface area (TPSA) is 68.3 Å². The molecular weight excluding hydrogens is 294 g/mol. The monoisotopic (exact) mass is 313 g/mol. The minimum Gasteiger partial charge on any atom is -0.392 e. The van der Waals surface area contributed by atoms with Crippen molar-refractivity contribution >= 4 is 5.91 Å². The first-order chi connectivity index (χ1) is 11.2. The summed E-state index contributed by atoms with van der Waals surface area (Å²) in [7, 11) is 0. The number of likely N-dealkylation sites (tertiary alicyclic amines) is 1. The fourth-order valence-corrected chi connectivity index (χ4v) is 3.26. The Balaban J connectivity index is 1.50. The molecule has 2 heterocycles. The van der Waals surface area contributed by atoms with Gasteiger partial charge < -0.3 is 9.32 Å². The molecule has 4 rings (SSSR count). The summed E-state index contributed by atoms with van der Waals surface area (Å²) >= 11 is 0. The third-order valence-corrected chi connectivity index (χ3v) is 4.66. The molecule has 23 heavy (non-hydrogen) atoms. The molecule has 2 fully saturated rings. The van der Waals surface area contributed by atoms with Crippen molar-refractivity contribution in [1.29, 1.82) is 0 Å². The summed E-state index contributed by atoms with van der Waals surface area (Å²) in [5.74, 6) is -0.0550. The molecule has 0 spiro atoms. The summed E-state index contributed by atoms with van der Waals surface area (Å²) in [5, 5.41) is 4.29. The zero-order valence-corrected chi connectivity index (χ0v) is 12.9. The minimum absolute atomic E-state index is 0.0536. The fourth-order valence-electron chi connectivity index (χ4n) is 3.26. The number of hydrogen-bond acceptors (Lipinski definition) is 4. The van der Waals surface area contributed by atoms with Gasteiger partial charge in [0.25, 0.3) is 0 Å². The van der Waals surface area contributed by atoms with Gasteiger partial charge in [0, 0.05) is 19.0 Å². The number of rotatable bonds is 3. The van der Waals surface area contributed by atoms with Crippen molar-refractivity contribution in [3.8, 4) is 5.69 Å². The highest BCUT2D eigenvalue weighted by atomic mass is 16.4. The lowest BCUT2D eigenvalue weighted by molar-refractivity contribution is -0.133. The Morgan fingerprint density at radius 1 is 1.13 bits per heavy atom. The molecule has 2 atom stereocenters. The molecule has 1 aromatic heterocycles. The summed E-state index contributed by atoms with van der Waals surface area (Å²) in [6.45, 7) is 1.70. The van der Waals surface area contributed by atoms with Gasteiger partial charge in [0.1, 0.15) is 0 Å². The van der Waals surface area contributed by atoms with Crippen molar-refractivity contribution in [3.63, 3.8) is 0 Å². The summed E-state index contributed by atoms with van der Waals surface area (Å²) < 4.78 is 6.55. The average Bonchev–Trinajstić information content (AvgIpc) is 3.31. The minimum atomic E-state index is -0.498. The number of aromatic nitrogens is 2. The molecular formula is C17H19N3O3. The van der Waals surface area contributed by atoms with Crippen LogP contribution in [0.2, 0.25) is 0 Å². The second kappa shape index (κ2) is 5.68. The Hall–Kier alpha value is -2.37. The Kier molecular flexibility index (Phi) is 3.52. The highest BCUT2D eigenvalue weighted by Gasteiger charge is 2.49. The van der Waals surface area contributed by atoms with Crippen molar-refractivity contribution in [2.45, 2.75) is 31.6 Å². The molecule has 0 bridgehead atoms. The van der Waals surface area contributed by atoms with Crippen molar-refractivity contribution in [3.05, 3.63) is 46.8 Å². The van der Waals surface area contributed by atoms with Crippen LogP contribution >= 0.6 is 0 Å². The van der Waals surface area contributed by atoms with Crippen LogP contribution < -0.4 is 5.76 Å². The van der Waals surface area contributed by atoms with E-state index in [1.165, 1.54) is 11.1 Å². The van der Waals surface area contributed by atoms with Crippen LogP contribution in [0.15, 0.2) is 39.5 Å². The highest BCUT2D eigenvalue weighted by Crippen LogP contribution is 2.47. The molecule has 2 aromatic rings. The third kappa shape index (κ3) is 2.69. The van der Waals surface area contributed by atoms with Gasteiger partial charge in [0.15, 0.2) is 0 Å². The molecule has 1 saturated carbocycles. The summed E-state index contributed by atoms with van der Waals surface area (Å²) in [6, 6.07) is 9.17. The molecule has 2 aliphatic rings. The van der Waals surface area contributed by atoms with E-state index in [9.17, 15) is 9.59 Å². The maximum atomic E-state index is 12.5. The van der Waals surface area contributed by atoms with Gasteiger partial charge in [-0.3, -0.25) is 4.79 Å². The Morgan fingerprint density at radius 2 is 1.87 bits per heavy atom. The largest absolute Gasteiger partial charge is 0.441 e. The smallest absolute Gasteiger partial charge is 0.392 e. The van der Waals surface area contributed by atoms with E-state index >= 15 is 0 Å². The Bertz CT molecular complexity index is 759. The van der Waals surface area contributed by atoms with Crippen LogP contribution in [0.25, 0.3) is 5.69 Å². The van der Waals surface area contributed by atoms with E-state index in [4.69, 9.17) is 4.42 Å². The van der Waals surface area contributed by atoms with Crippen molar-refractivity contribution < 1.29 is 9.21 Å². The van der Waals surface area contributed by atoms with E-state index in [0.29, 0.717) is 11.6 Å². The zero-order chi connectivity index (χ0) is 15.8. The number of benzene rings is 1. The van der Waals surface area contributed by atoms with Crippen LogP contribution in [0, 0.1) is 5.92 Å². The van der Waals surface area contributed by atoms with E-state index in [0.717, 1.165) is 32.4 Å². The zero-order valence-electron chi connectivity index (χ0n) is 12.9. The average molecular weight is 313 g/mol. The molecule has 1 aromatic carbocycles. The molecule has 0 radical (unpaired) electrons. The molecule has 6 nitrogen and oxygen atoms in total. The van der Waals surface area contributed by atoms with Crippen LogP contribution in [0.5, 0.6) is 0 Å². The van der Waals surface area contributed by atoms with E-state index in [1.54, 1.807) is 12.1 Å². The molecule has 1 amide bonds. The molecule has 120 valence electrons. The van der Waals surface area contributed by atoms with Crippen molar-refractivity contribution in [2.75, 3.05) is 13.1 Å². The maximum absolute atomic E-state index is 12.5. The van der Waals surface area contributed by atoms with Crippen LogP contribution in [-0.4, -0.2) is 33.7 Å². The van der Waals surface area contributed by atoms with E-state index in [2.05, 4.69) is 5.10 Å². The van der Waals surface area contributed by atoms with Crippen molar-refractivity contribution in [2.24, 2.45) is 5.92 Å². The molecule has 0 N–H and O–H groups in total. The quantitative estimate of drug-likeness (QED) is 0.868. The fraction of sp³-hybridized carbons (Fsp3) is 0.471. The summed E-state index contributed by atoms with van der Waals surface area (Å²) in [5.41, 5.74) is 0.673. The number of amides is 1. The molecule has 1 aliphatic heterocycles. The van der Waals surface area contributed by atoms with E-state index in [-0.39, 0.29) is 17.7 Å². The van der Waals surface area contributed by atoms with Gasteiger partial charge in [0.2, 0.25) is 11.8 Å². The van der Waals surface area contributed by atoms with Crippen LogP contribution in [0.4, 0.5) is 0 Å². The number of para-hydroxylation sites is 1. The summed E-state index contributed by atoms with van der Waals surface area (Å²) in [6.07, 6.45) is 4.10. The second-order valence-corrected chi connectivity index (χ2v) is 6.29. The molecule has 1 saturated heterocycles. The predicted octanol–water partition coefficient (Wildman–Crippen LogP) is 1.94. The number of carbonyl (C=O) groups excluding carboxylic acids is 1. The first kappa shape index (κ1) is 14.2. The van der Waals surface area contributed by atoms with Gasteiger partial charge in [-0.25, -0.2) is 4.79 Å². The van der Waals surface area contributed by atoms with E-state index < -0.39 is 5.76 Å². The third-order valence-electron chi connectivity index (χ3n) is 4.66. The van der Waals surface area contributed by atoms with Crippen LogP contribution in [0.3, 0.4) is 0 Å². The lowest BCUT2D eigenvalue weighted by atomic mass is 10.1. The number of carbonyl (C=O) groups is 1. The van der Waals surface area contributed by atoms with Gasteiger partial charge in [-0.1, -0.05) is 18.2 Å². The normalized spacial score (nSPS) is 23.7. The highest BCUT2D eigenvalue weighted by molar-refractivity contribution is 5.82. The van der Waals surface area contributed by atoms with Gasteiger partial charge in [-0.05, 0) is 37.8 Å². The Morgan fingerprint density at radius 3 is 2.61 bits per heavy atom. The number of hydrogen-bond donors (Lipinski definition) is 0. The first-order valence-electron chi connectivity index (χ1n) is 8.18. The van der Waals surface area contributed by atoms with E-state index in [1.807, 2.05) is 23.1 Å². The number of nitrogens with zero attached hydrogens (tertiary/aromatic N) is 3. The standard InChI is InChI=1S/C17H19N3O3/c21-16(19-9-5-2-6-10-19)14-11-13(14)15-18-20(17(22)23-15)12-7-3-1-4-8-12/h1,3-4,7-8,13-14H,2,5-6,9-11H2. The summed E-state index contributed by atoms with van der Waals surface area (Å²) in [4.78, 5) is 26.4. The predicted molar refractivity (Wildman–Crippen MR) is 83.4 cm³/mol. The van der Waals surface area contributed by atoms with Crippen LogP contribution in [-0.2, 0) is 4.79 Å². The van der Waals surface area contributed by atoms with Crippen molar-refractivity contribution in [1.82, 2.24) is 14.7 Å². The van der Waals surface area contributed by atoms with Gasteiger partial charge in [-0.2, -0.15) is 4.68 Å². The second-order valence-electron chi connectivity index (χ2n) is 6.29. The van der Waals surface area contributed by atoms with Gasteiger partial charge in [0.05, 0.1) is 11.6 Å². The molecule has 2 unspecified atom stereocenters. The SMILES string of the molecule is O=C(C1CC1c1nn(-c2ccccc2)c(=O)o1)N1CCCCC1. The molecule has 6 heteroatoms. The van der Waals surface area contributed by atoms with Gasteiger partial charge in [-0.15, -0.1) is 5.10 Å². The Labute approximate surface area is 133 Å². The maximum Gasteiger partial charge on any atom is 0.441 e. The number of piperidine rings is 1. The molecule has 1 aliphatic carbocycles. The van der Waals surface area contributed by atoms with Gasteiger partial charge >= 0.3 is 5.76 Å².